The molecule has 3 N–H and O–H groups in total. The minimum Gasteiger partial charge on any atom is -0.379 e. The van der Waals surface area contributed by atoms with E-state index in [1.807, 2.05) is 13.0 Å². The molecule has 0 unspecified atom stereocenters. The summed E-state index contributed by atoms with van der Waals surface area (Å²) in [6.07, 6.45) is 4.65. The molecular weight excluding hydrogens is 468 g/mol. The number of ether oxygens (including phenoxy) is 1. The number of H-pyrrole nitrogens is 1. The fourth-order valence-electron chi connectivity index (χ4n) is 4.31. The Morgan fingerprint density at radius 3 is 2.73 bits per heavy atom. The molecule has 160 valence electrons. The first-order valence-electron chi connectivity index (χ1n) is 10.4. The average Bonchev–Trinajstić information content (AvgIpc) is 3.34. The van der Waals surface area contributed by atoms with E-state index in [2.05, 4.69) is 51.0 Å². The Labute approximate surface area is 187 Å². The molecular formula is C19H25BrN8OS. The van der Waals surface area contributed by atoms with Gasteiger partial charge in [-0.3, -0.25) is 10.00 Å². The van der Waals surface area contributed by atoms with Gasteiger partial charge in [-0.15, -0.1) is 0 Å². The number of rotatable bonds is 5. The zero-order chi connectivity index (χ0) is 20.5. The highest BCUT2D eigenvalue weighted by Crippen LogP contribution is 2.32. The first-order valence-corrected chi connectivity index (χ1v) is 11.9. The van der Waals surface area contributed by atoms with Crippen molar-refractivity contribution in [1.29, 1.82) is 0 Å². The van der Waals surface area contributed by atoms with Gasteiger partial charge in [0.25, 0.3) is 0 Å². The van der Waals surface area contributed by atoms with Gasteiger partial charge in [0, 0.05) is 25.2 Å². The van der Waals surface area contributed by atoms with Crippen LogP contribution in [0.15, 0.2) is 10.7 Å². The van der Waals surface area contributed by atoms with Crippen LogP contribution < -0.4 is 10.6 Å². The van der Waals surface area contributed by atoms with E-state index >= 15 is 0 Å². The van der Waals surface area contributed by atoms with E-state index in [-0.39, 0.29) is 0 Å². The van der Waals surface area contributed by atoms with Crippen LogP contribution in [0.4, 0.5) is 16.8 Å². The van der Waals surface area contributed by atoms with Crippen LogP contribution in [0.3, 0.4) is 0 Å². The number of morpholine rings is 1. The molecule has 3 aromatic heterocycles. The topological polar surface area (TPSA) is 104 Å². The van der Waals surface area contributed by atoms with E-state index in [0.29, 0.717) is 23.7 Å². The average molecular weight is 493 g/mol. The van der Waals surface area contributed by atoms with E-state index in [4.69, 9.17) is 9.72 Å². The van der Waals surface area contributed by atoms with Crippen molar-refractivity contribution in [1.82, 2.24) is 29.4 Å². The van der Waals surface area contributed by atoms with Crippen molar-refractivity contribution in [2.24, 2.45) is 0 Å². The molecule has 5 rings (SSSR count). The summed E-state index contributed by atoms with van der Waals surface area (Å²) in [5, 5.41) is 16.0. The van der Waals surface area contributed by atoms with Gasteiger partial charge in [0.15, 0.2) is 5.65 Å². The van der Waals surface area contributed by atoms with Crippen LogP contribution >= 0.6 is 27.5 Å². The number of aromatic amines is 1. The summed E-state index contributed by atoms with van der Waals surface area (Å²) >= 11 is 4.93. The molecule has 0 amide bonds. The van der Waals surface area contributed by atoms with Gasteiger partial charge in [-0.2, -0.15) is 19.4 Å². The maximum absolute atomic E-state index is 5.50. The Morgan fingerprint density at radius 1 is 1.20 bits per heavy atom. The molecule has 0 radical (unpaired) electrons. The summed E-state index contributed by atoms with van der Waals surface area (Å²) in [7, 11) is 0. The smallest absolute Gasteiger partial charge is 0.231 e. The van der Waals surface area contributed by atoms with Crippen LogP contribution in [-0.2, 0) is 4.74 Å². The third-order valence-corrected chi connectivity index (χ3v) is 7.21. The summed E-state index contributed by atoms with van der Waals surface area (Å²) in [4.78, 5) is 11.9. The second-order valence-electron chi connectivity index (χ2n) is 7.89. The predicted molar refractivity (Wildman–Crippen MR) is 122 cm³/mol. The van der Waals surface area contributed by atoms with Crippen LogP contribution in [0.2, 0.25) is 0 Å². The van der Waals surface area contributed by atoms with Gasteiger partial charge in [-0.25, -0.2) is 0 Å². The maximum atomic E-state index is 5.50. The van der Waals surface area contributed by atoms with E-state index in [1.54, 1.807) is 0 Å². The lowest BCUT2D eigenvalue weighted by Gasteiger charge is -2.39. The predicted octanol–water partition coefficient (Wildman–Crippen LogP) is 3.68. The fraction of sp³-hybridized carbons (Fsp3) is 0.579. The Kier molecular flexibility index (Phi) is 5.85. The summed E-state index contributed by atoms with van der Waals surface area (Å²) in [5.41, 5.74) is 1.67. The van der Waals surface area contributed by atoms with Crippen molar-refractivity contribution in [3.8, 4) is 0 Å². The van der Waals surface area contributed by atoms with Crippen LogP contribution in [0, 0.1) is 6.92 Å². The Hall–Kier alpha value is -1.82. The standard InChI is InChI=1S/C19H25BrN8OS/c1-11-10-14(30-27-11)22-19-23-17(15-16(20)25-26-18(15)24-19)21-12-2-4-13(5-3-12)28-6-8-29-9-7-28/h10,12-13H,2-9H2,1H3,(H3,21,22,23,24,25,26)/t12-,13-. The Balaban J connectivity index is 1.31. The number of fused-ring (bicyclic) bond motifs is 1. The molecule has 3 aromatic rings. The first kappa shape index (κ1) is 20.1. The van der Waals surface area contributed by atoms with Gasteiger partial charge in [0.05, 0.1) is 24.3 Å². The normalized spacial score (nSPS) is 23.0. The number of aryl methyl sites for hydroxylation is 1. The molecule has 2 fully saturated rings. The SMILES string of the molecule is Cc1cc(Nc2nc(N[C@H]3CC[C@H](N4CCOCC4)CC3)c3c(Br)n[nH]c3n2)sn1. The third-order valence-electron chi connectivity index (χ3n) is 5.84. The van der Waals surface area contributed by atoms with Crippen LogP contribution in [-0.4, -0.2) is 67.8 Å². The quantitative estimate of drug-likeness (QED) is 0.495. The molecule has 0 atom stereocenters. The largest absolute Gasteiger partial charge is 0.379 e. The summed E-state index contributed by atoms with van der Waals surface area (Å²) < 4.78 is 10.5. The van der Waals surface area contributed by atoms with Crippen LogP contribution in [0.1, 0.15) is 31.4 Å². The van der Waals surface area contributed by atoms with E-state index < -0.39 is 0 Å². The molecule has 0 bridgehead atoms. The van der Waals surface area contributed by atoms with Crippen molar-refractivity contribution >= 4 is 55.3 Å². The van der Waals surface area contributed by atoms with Gasteiger partial charge in [-0.05, 0) is 66.1 Å². The highest BCUT2D eigenvalue weighted by Gasteiger charge is 2.28. The molecule has 1 aliphatic carbocycles. The van der Waals surface area contributed by atoms with Crippen molar-refractivity contribution in [3.63, 3.8) is 0 Å². The van der Waals surface area contributed by atoms with Gasteiger partial charge in [0.2, 0.25) is 5.95 Å². The number of halogens is 1. The van der Waals surface area contributed by atoms with Crippen molar-refractivity contribution in [2.75, 3.05) is 36.9 Å². The fourth-order valence-corrected chi connectivity index (χ4v) is 5.43. The zero-order valence-corrected chi connectivity index (χ0v) is 19.2. The van der Waals surface area contributed by atoms with Gasteiger partial charge >= 0.3 is 0 Å². The molecule has 2 aliphatic rings. The van der Waals surface area contributed by atoms with Crippen molar-refractivity contribution < 1.29 is 4.74 Å². The highest BCUT2D eigenvalue weighted by atomic mass is 79.9. The van der Waals surface area contributed by atoms with Crippen molar-refractivity contribution in [3.05, 3.63) is 16.4 Å². The molecule has 0 aromatic carbocycles. The molecule has 11 heteroatoms. The minimum absolute atomic E-state index is 0.390. The number of nitrogens with zero attached hydrogens (tertiary/aromatic N) is 5. The molecule has 1 saturated carbocycles. The maximum Gasteiger partial charge on any atom is 0.231 e. The van der Waals surface area contributed by atoms with Gasteiger partial charge in [0.1, 0.15) is 15.4 Å². The monoisotopic (exact) mass is 492 g/mol. The van der Waals surface area contributed by atoms with E-state index in [9.17, 15) is 0 Å². The number of hydrogen-bond acceptors (Lipinski definition) is 9. The summed E-state index contributed by atoms with van der Waals surface area (Å²) in [6, 6.07) is 3.05. The van der Waals surface area contributed by atoms with E-state index in [1.165, 1.54) is 24.4 Å². The molecule has 9 nitrogen and oxygen atoms in total. The van der Waals surface area contributed by atoms with Gasteiger partial charge < -0.3 is 15.4 Å². The third kappa shape index (κ3) is 4.29. The summed E-state index contributed by atoms with van der Waals surface area (Å²) in [5.74, 6) is 1.34. The second-order valence-corrected chi connectivity index (χ2v) is 9.45. The lowest BCUT2D eigenvalue weighted by atomic mass is 9.90. The molecule has 30 heavy (non-hydrogen) atoms. The molecule has 0 spiro atoms. The van der Waals surface area contributed by atoms with Gasteiger partial charge in [-0.1, -0.05) is 0 Å². The molecule has 1 saturated heterocycles. The zero-order valence-electron chi connectivity index (χ0n) is 16.8. The second kappa shape index (κ2) is 8.74. The van der Waals surface area contributed by atoms with Crippen molar-refractivity contribution in [2.45, 2.75) is 44.7 Å². The lowest BCUT2D eigenvalue weighted by molar-refractivity contribution is 0.00791. The molecule has 1 aliphatic heterocycles. The Bertz CT molecular complexity index is 1010. The number of aromatic nitrogens is 5. The number of anilines is 3. The molecule has 4 heterocycles. The van der Waals surface area contributed by atoms with Crippen LogP contribution in [0.5, 0.6) is 0 Å². The minimum atomic E-state index is 0.390. The van der Waals surface area contributed by atoms with Crippen LogP contribution in [0.25, 0.3) is 11.0 Å². The summed E-state index contributed by atoms with van der Waals surface area (Å²) in [6.45, 7) is 5.81. The first-order chi connectivity index (χ1) is 14.7. The highest BCUT2D eigenvalue weighted by molar-refractivity contribution is 9.10. The number of nitrogens with one attached hydrogen (secondary N) is 3. The Morgan fingerprint density at radius 2 is 2.00 bits per heavy atom. The van der Waals surface area contributed by atoms with E-state index in [0.717, 1.165) is 65.6 Å². The number of hydrogen-bond donors (Lipinski definition) is 3. The lowest BCUT2D eigenvalue weighted by Crippen LogP contribution is -2.46.